The molecule has 1 N–H and O–H groups in total. The molecule has 35 heavy (non-hydrogen) atoms. The maximum Gasteiger partial charge on any atom is 0.223 e. The van der Waals surface area contributed by atoms with Crippen LogP contribution in [0.1, 0.15) is 29.5 Å². The van der Waals surface area contributed by atoms with Gasteiger partial charge in [-0.05, 0) is 73.9 Å². The molecule has 6 nitrogen and oxygen atoms in total. The fraction of sp³-hybridized carbons (Fsp3) is 0.321. The van der Waals surface area contributed by atoms with Crippen LogP contribution >= 0.6 is 11.8 Å². The Kier molecular flexibility index (Phi) is 6.77. The van der Waals surface area contributed by atoms with Crippen LogP contribution < -0.4 is 10.2 Å². The Morgan fingerprint density at radius 1 is 1.06 bits per heavy atom. The Bertz CT molecular complexity index is 1340. The molecule has 0 atom stereocenters. The molecule has 2 aromatic carbocycles. The molecule has 4 aromatic rings. The van der Waals surface area contributed by atoms with Crippen molar-refractivity contribution in [2.75, 3.05) is 24.2 Å². The first-order valence-corrected chi connectivity index (χ1v) is 13.3. The molecule has 180 valence electrons. The van der Waals surface area contributed by atoms with E-state index in [1.807, 2.05) is 10.7 Å². The smallest absolute Gasteiger partial charge is 0.223 e. The highest BCUT2D eigenvalue weighted by Gasteiger charge is 2.26. The lowest BCUT2D eigenvalue weighted by Gasteiger charge is -2.32. The number of aryl methyl sites for hydroxylation is 2. The number of rotatable bonds is 6. The minimum absolute atomic E-state index is 0.0347. The second-order valence-electron chi connectivity index (χ2n) is 9.24. The highest BCUT2D eigenvalue weighted by molar-refractivity contribution is 7.98. The van der Waals surface area contributed by atoms with Crippen LogP contribution in [0.4, 0.5) is 5.82 Å². The number of carbonyl (C=O) groups excluding carboxylic acids is 1. The maximum absolute atomic E-state index is 12.8. The molecule has 1 aliphatic heterocycles. The highest BCUT2D eigenvalue weighted by Crippen LogP contribution is 2.29. The van der Waals surface area contributed by atoms with Crippen LogP contribution in [0.15, 0.2) is 65.8 Å². The second-order valence-corrected chi connectivity index (χ2v) is 10.1. The predicted octanol–water partition coefficient (Wildman–Crippen LogP) is 5.27. The van der Waals surface area contributed by atoms with Crippen LogP contribution in [0.2, 0.25) is 0 Å². The molecule has 7 heteroatoms. The predicted molar refractivity (Wildman–Crippen MR) is 143 cm³/mol. The molecule has 0 saturated carbocycles. The number of aromatic nitrogens is 3. The molecule has 2 aromatic heterocycles. The van der Waals surface area contributed by atoms with E-state index in [1.165, 1.54) is 16.0 Å². The number of piperidine rings is 1. The summed E-state index contributed by atoms with van der Waals surface area (Å²) in [5.74, 6) is 1.11. The molecule has 5 rings (SSSR count). The lowest BCUT2D eigenvalue weighted by molar-refractivity contribution is -0.125. The van der Waals surface area contributed by atoms with E-state index in [2.05, 4.69) is 78.9 Å². The van der Waals surface area contributed by atoms with Gasteiger partial charge >= 0.3 is 0 Å². The summed E-state index contributed by atoms with van der Waals surface area (Å²) in [5.41, 5.74) is 6.72. The molecule has 0 unspecified atom stereocenters. The average molecular weight is 486 g/mol. The van der Waals surface area contributed by atoms with Crippen LogP contribution in [0.3, 0.4) is 0 Å². The second kappa shape index (κ2) is 10.1. The topological polar surface area (TPSA) is 62.5 Å². The van der Waals surface area contributed by atoms with Crippen molar-refractivity contribution in [1.29, 1.82) is 0 Å². The number of carbonyl (C=O) groups is 1. The van der Waals surface area contributed by atoms with Crippen LogP contribution in [-0.4, -0.2) is 39.9 Å². The first-order valence-electron chi connectivity index (χ1n) is 12.1. The fourth-order valence-electron chi connectivity index (χ4n) is 4.62. The zero-order chi connectivity index (χ0) is 24.4. The zero-order valence-electron chi connectivity index (χ0n) is 20.5. The third-order valence-corrected chi connectivity index (χ3v) is 7.71. The van der Waals surface area contributed by atoms with Gasteiger partial charge in [0.2, 0.25) is 5.91 Å². The summed E-state index contributed by atoms with van der Waals surface area (Å²) in [6.07, 6.45) is 7.40. The third-order valence-electron chi connectivity index (χ3n) is 6.96. The van der Waals surface area contributed by atoms with Gasteiger partial charge < -0.3 is 10.2 Å². The summed E-state index contributed by atoms with van der Waals surface area (Å²) < 4.78 is 1.91. The standard InChI is InChI=1S/C28H31N5OS/c1-19-4-7-23(16-20(19)2)25-17-26-27(29-12-15-33(26)31-25)32-13-10-22(11-14-32)28(34)30-18-21-5-8-24(35-3)9-6-21/h4-9,12,15-17,22H,10-11,13-14,18H2,1-3H3,(H,30,34). The third kappa shape index (κ3) is 5.05. The van der Waals surface area contributed by atoms with E-state index in [-0.39, 0.29) is 11.8 Å². The Morgan fingerprint density at radius 2 is 1.83 bits per heavy atom. The van der Waals surface area contributed by atoms with Crippen molar-refractivity contribution in [1.82, 2.24) is 19.9 Å². The lowest BCUT2D eigenvalue weighted by atomic mass is 9.95. The van der Waals surface area contributed by atoms with Crippen LogP contribution in [0, 0.1) is 19.8 Å². The van der Waals surface area contributed by atoms with Gasteiger partial charge in [0, 0.05) is 48.4 Å². The number of nitrogens with zero attached hydrogens (tertiary/aromatic N) is 4. The van der Waals surface area contributed by atoms with Crippen molar-refractivity contribution < 1.29 is 4.79 Å². The van der Waals surface area contributed by atoms with E-state index in [9.17, 15) is 4.79 Å². The van der Waals surface area contributed by atoms with Crippen molar-refractivity contribution in [3.8, 4) is 11.3 Å². The Morgan fingerprint density at radius 3 is 2.54 bits per heavy atom. The van der Waals surface area contributed by atoms with E-state index in [0.29, 0.717) is 6.54 Å². The molecule has 0 radical (unpaired) electrons. The van der Waals surface area contributed by atoms with Crippen LogP contribution in [-0.2, 0) is 11.3 Å². The Balaban J connectivity index is 1.24. The molecule has 0 spiro atoms. The van der Waals surface area contributed by atoms with Gasteiger partial charge in [-0.25, -0.2) is 9.50 Å². The minimum atomic E-state index is 0.0347. The number of benzene rings is 2. The summed E-state index contributed by atoms with van der Waals surface area (Å²) in [6, 6.07) is 16.9. The largest absolute Gasteiger partial charge is 0.355 e. The molecule has 1 fully saturated rings. The van der Waals surface area contributed by atoms with E-state index >= 15 is 0 Å². The van der Waals surface area contributed by atoms with Gasteiger partial charge in [-0.15, -0.1) is 11.8 Å². The molecule has 3 heterocycles. The van der Waals surface area contributed by atoms with Gasteiger partial charge in [-0.2, -0.15) is 5.10 Å². The minimum Gasteiger partial charge on any atom is -0.355 e. The number of fused-ring (bicyclic) bond motifs is 1. The summed E-state index contributed by atoms with van der Waals surface area (Å²) in [6.45, 7) is 6.43. The molecule has 0 aliphatic carbocycles. The molecule has 1 amide bonds. The SMILES string of the molecule is CSc1ccc(CNC(=O)C2CCN(c3nccn4nc(-c5ccc(C)c(C)c5)cc34)CC2)cc1. The Hall–Kier alpha value is -3.32. The molecular formula is C28H31N5OS. The van der Waals surface area contributed by atoms with Crippen molar-refractivity contribution in [2.24, 2.45) is 5.92 Å². The van der Waals surface area contributed by atoms with Crippen molar-refractivity contribution in [3.05, 3.63) is 77.6 Å². The fourth-order valence-corrected chi connectivity index (χ4v) is 5.03. The normalized spacial score (nSPS) is 14.4. The quantitative estimate of drug-likeness (QED) is 0.377. The number of nitrogens with one attached hydrogen (secondary N) is 1. The zero-order valence-corrected chi connectivity index (χ0v) is 21.3. The number of anilines is 1. The van der Waals surface area contributed by atoms with E-state index in [4.69, 9.17) is 10.1 Å². The van der Waals surface area contributed by atoms with Gasteiger partial charge in [-0.3, -0.25) is 4.79 Å². The maximum atomic E-state index is 12.8. The van der Waals surface area contributed by atoms with Crippen LogP contribution in [0.5, 0.6) is 0 Å². The molecule has 1 aliphatic rings. The summed E-state index contributed by atoms with van der Waals surface area (Å²) in [4.78, 5) is 21.0. The van der Waals surface area contributed by atoms with Gasteiger partial charge in [-0.1, -0.05) is 24.3 Å². The number of amides is 1. The molecule has 0 bridgehead atoms. The summed E-state index contributed by atoms with van der Waals surface area (Å²) >= 11 is 1.72. The van der Waals surface area contributed by atoms with E-state index in [0.717, 1.165) is 54.1 Å². The van der Waals surface area contributed by atoms with Crippen LogP contribution in [0.25, 0.3) is 16.8 Å². The van der Waals surface area contributed by atoms with E-state index < -0.39 is 0 Å². The molecular weight excluding hydrogens is 454 g/mol. The lowest BCUT2D eigenvalue weighted by Crippen LogP contribution is -2.40. The first-order chi connectivity index (χ1) is 17.0. The van der Waals surface area contributed by atoms with Gasteiger partial charge in [0.1, 0.15) is 5.52 Å². The number of thioether (sulfide) groups is 1. The van der Waals surface area contributed by atoms with Gasteiger partial charge in [0.05, 0.1) is 5.69 Å². The molecule has 1 saturated heterocycles. The monoisotopic (exact) mass is 485 g/mol. The van der Waals surface area contributed by atoms with Crippen molar-refractivity contribution >= 4 is 29.0 Å². The van der Waals surface area contributed by atoms with Gasteiger partial charge in [0.25, 0.3) is 0 Å². The van der Waals surface area contributed by atoms with Crippen molar-refractivity contribution in [3.63, 3.8) is 0 Å². The summed E-state index contributed by atoms with van der Waals surface area (Å²) in [5, 5.41) is 7.93. The first kappa shape index (κ1) is 23.4. The number of hydrogen-bond acceptors (Lipinski definition) is 5. The highest BCUT2D eigenvalue weighted by atomic mass is 32.2. The van der Waals surface area contributed by atoms with Gasteiger partial charge in [0.15, 0.2) is 5.82 Å². The van der Waals surface area contributed by atoms with Crippen molar-refractivity contribution in [2.45, 2.75) is 38.1 Å². The number of hydrogen-bond donors (Lipinski definition) is 1. The van der Waals surface area contributed by atoms with E-state index in [1.54, 1.807) is 18.0 Å². The Labute approximate surface area is 210 Å². The average Bonchev–Trinajstić information content (AvgIpc) is 3.34. The summed E-state index contributed by atoms with van der Waals surface area (Å²) in [7, 11) is 0.